The molecule has 0 N–H and O–H groups in total. The maximum absolute atomic E-state index is 13.1. The number of likely N-dealkylation sites (tertiary alicyclic amines) is 1. The molecule has 0 bridgehead atoms. The Morgan fingerprint density at radius 3 is 3.00 bits per heavy atom. The molecule has 3 heteroatoms. The summed E-state index contributed by atoms with van der Waals surface area (Å²) in [7, 11) is 0. The van der Waals surface area contributed by atoms with Crippen molar-refractivity contribution >= 4 is 0 Å². The molecule has 68 valence electrons. The summed E-state index contributed by atoms with van der Waals surface area (Å²) in [5, 5.41) is 8.34. The molecule has 2 unspecified atom stereocenters. The summed E-state index contributed by atoms with van der Waals surface area (Å²) in [6.07, 6.45) is 0.741. The number of alkyl halides is 1. The molecule has 0 spiro atoms. The first-order chi connectivity index (χ1) is 5.74. The van der Waals surface area contributed by atoms with Gasteiger partial charge in [-0.2, -0.15) is 5.26 Å². The quantitative estimate of drug-likeness (QED) is 0.629. The molecule has 0 amide bonds. The van der Waals surface area contributed by atoms with Crippen molar-refractivity contribution < 1.29 is 4.39 Å². The standard InChI is InChI=1S/C9H15FN2/c1-8-3-6-12(5-2-4-11)7-9(8)10/h8-9H,2-3,5-7H2,1H3. The van der Waals surface area contributed by atoms with Gasteiger partial charge >= 0.3 is 0 Å². The molecule has 1 heterocycles. The molecular weight excluding hydrogens is 155 g/mol. The number of rotatable bonds is 2. The van der Waals surface area contributed by atoms with Gasteiger partial charge in [-0.15, -0.1) is 0 Å². The Balaban J connectivity index is 2.26. The van der Waals surface area contributed by atoms with Crippen LogP contribution >= 0.6 is 0 Å². The Labute approximate surface area is 73.0 Å². The highest BCUT2D eigenvalue weighted by Gasteiger charge is 2.24. The van der Waals surface area contributed by atoms with Crippen molar-refractivity contribution in [1.29, 1.82) is 5.26 Å². The largest absolute Gasteiger partial charge is 0.299 e. The molecule has 1 rings (SSSR count). The number of nitriles is 1. The minimum absolute atomic E-state index is 0.198. The van der Waals surface area contributed by atoms with Crippen LogP contribution < -0.4 is 0 Å². The van der Waals surface area contributed by atoms with Crippen LogP contribution in [0.5, 0.6) is 0 Å². The fraction of sp³-hybridized carbons (Fsp3) is 0.889. The van der Waals surface area contributed by atoms with Gasteiger partial charge in [-0.05, 0) is 18.9 Å². The lowest BCUT2D eigenvalue weighted by Gasteiger charge is -2.32. The summed E-state index contributed by atoms with van der Waals surface area (Å²) in [5.41, 5.74) is 0. The molecule has 1 aliphatic heterocycles. The van der Waals surface area contributed by atoms with E-state index in [9.17, 15) is 4.39 Å². The minimum Gasteiger partial charge on any atom is -0.299 e. The van der Waals surface area contributed by atoms with E-state index in [-0.39, 0.29) is 5.92 Å². The molecule has 2 nitrogen and oxygen atoms in total. The van der Waals surface area contributed by atoms with E-state index >= 15 is 0 Å². The topological polar surface area (TPSA) is 27.0 Å². The summed E-state index contributed by atoms with van der Waals surface area (Å²) in [6, 6.07) is 2.08. The third kappa shape index (κ3) is 2.46. The number of halogens is 1. The van der Waals surface area contributed by atoms with E-state index in [1.165, 1.54) is 0 Å². The fourth-order valence-electron chi connectivity index (χ4n) is 1.50. The van der Waals surface area contributed by atoms with Crippen LogP contribution in [0.15, 0.2) is 0 Å². The molecule has 0 aromatic carbocycles. The van der Waals surface area contributed by atoms with Crippen molar-refractivity contribution in [2.75, 3.05) is 19.6 Å². The van der Waals surface area contributed by atoms with Gasteiger partial charge in [-0.1, -0.05) is 6.92 Å². The summed E-state index contributed by atoms with van der Waals surface area (Å²) in [6.45, 7) is 4.14. The lowest BCUT2D eigenvalue weighted by Crippen LogP contribution is -2.41. The molecule has 0 saturated carbocycles. The zero-order chi connectivity index (χ0) is 8.97. The Morgan fingerprint density at radius 2 is 2.42 bits per heavy atom. The monoisotopic (exact) mass is 170 g/mol. The van der Waals surface area contributed by atoms with Gasteiger partial charge in [-0.25, -0.2) is 4.39 Å². The average molecular weight is 170 g/mol. The first kappa shape index (κ1) is 9.47. The third-order valence-corrected chi connectivity index (χ3v) is 2.49. The second-order valence-corrected chi connectivity index (χ2v) is 3.49. The van der Waals surface area contributed by atoms with E-state index in [0.717, 1.165) is 19.5 Å². The van der Waals surface area contributed by atoms with Gasteiger partial charge in [0.15, 0.2) is 0 Å². The molecule has 0 aromatic rings. The lowest BCUT2D eigenvalue weighted by molar-refractivity contribution is 0.0951. The number of nitrogens with zero attached hydrogens (tertiary/aromatic N) is 2. The highest BCUT2D eigenvalue weighted by atomic mass is 19.1. The Kier molecular flexibility index (Phi) is 3.48. The molecule has 0 aromatic heterocycles. The maximum atomic E-state index is 13.1. The van der Waals surface area contributed by atoms with Gasteiger partial charge in [0.25, 0.3) is 0 Å². The van der Waals surface area contributed by atoms with Crippen molar-refractivity contribution in [3.05, 3.63) is 0 Å². The zero-order valence-corrected chi connectivity index (χ0v) is 7.46. The molecular formula is C9H15FN2. The molecule has 1 aliphatic rings. The van der Waals surface area contributed by atoms with E-state index in [4.69, 9.17) is 5.26 Å². The first-order valence-corrected chi connectivity index (χ1v) is 4.47. The maximum Gasteiger partial charge on any atom is 0.115 e. The van der Waals surface area contributed by atoms with Gasteiger partial charge in [0.05, 0.1) is 6.07 Å². The van der Waals surface area contributed by atoms with Crippen LogP contribution in [0.1, 0.15) is 19.8 Å². The smallest absolute Gasteiger partial charge is 0.115 e. The zero-order valence-electron chi connectivity index (χ0n) is 7.46. The summed E-state index contributed by atoms with van der Waals surface area (Å²) in [4.78, 5) is 2.04. The molecule has 1 saturated heterocycles. The van der Waals surface area contributed by atoms with Crippen LogP contribution in [0.3, 0.4) is 0 Å². The second kappa shape index (κ2) is 4.42. The van der Waals surface area contributed by atoms with Crippen LogP contribution in [0.2, 0.25) is 0 Å². The van der Waals surface area contributed by atoms with Crippen molar-refractivity contribution in [2.45, 2.75) is 25.9 Å². The van der Waals surface area contributed by atoms with Gasteiger partial charge in [-0.3, -0.25) is 4.90 Å². The number of piperidine rings is 1. The van der Waals surface area contributed by atoms with Gasteiger partial charge in [0.1, 0.15) is 6.17 Å². The van der Waals surface area contributed by atoms with Crippen LogP contribution in [-0.2, 0) is 0 Å². The molecule has 1 fully saturated rings. The Hall–Kier alpha value is -0.620. The van der Waals surface area contributed by atoms with Gasteiger partial charge in [0.2, 0.25) is 0 Å². The summed E-state index contributed by atoms with van der Waals surface area (Å²) < 4.78 is 13.1. The predicted molar refractivity (Wildman–Crippen MR) is 45.3 cm³/mol. The second-order valence-electron chi connectivity index (χ2n) is 3.49. The van der Waals surface area contributed by atoms with Crippen molar-refractivity contribution in [3.8, 4) is 6.07 Å². The van der Waals surface area contributed by atoms with E-state index < -0.39 is 6.17 Å². The predicted octanol–water partition coefficient (Wildman–Crippen LogP) is 1.58. The normalized spacial score (nSPS) is 31.4. The van der Waals surface area contributed by atoms with E-state index in [1.54, 1.807) is 0 Å². The highest BCUT2D eigenvalue weighted by molar-refractivity contribution is 4.80. The van der Waals surface area contributed by atoms with Gasteiger partial charge < -0.3 is 0 Å². The van der Waals surface area contributed by atoms with E-state index in [0.29, 0.717) is 13.0 Å². The first-order valence-electron chi connectivity index (χ1n) is 4.47. The van der Waals surface area contributed by atoms with Crippen molar-refractivity contribution in [3.63, 3.8) is 0 Å². The number of hydrogen-bond acceptors (Lipinski definition) is 2. The number of hydrogen-bond donors (Lipinski definition) is 0. The van der Waals surface area contributed by atoms with Crippen LogP contribution in [0.25, 0.3) is 0 Å². The van der Waals surface area contributed by atoms with Crippen LogP contribution in [-0.4, -0.2) is 30.7 Å². The van der Waals surface area contributed by atoms with Crippen LogP contribution in [0, 0.1) is 17.2 Å². The third-order valence-electron chi connectivity index (χ3n) is 2.49. The average Bonchev–Trinajstić information content (AvgIpc) is 2.07. The van der Waals surface area contributed by atoms with Gasteiger partial charge in [0, 0.05) is 19.5 Å². The van der Waals surface area contributed by atoms with Crippen molar-refractivity contribution in [1.82, 2.24) is 4.90 Å². The minimum atomic E-state index is -0.697. The Morgan fingerprint density at radius 1 is 1.67 bits per heavy atom. The van der Waals surface area contributed by atoms with Crippen LogP contribution in [0.4, 0.5) is 4.39 Å². The summed E-state index contributed by atoms with van der Waals surface area (Å²) >= 11 is 0. The highest BCUT2D eigenvalue weighted by Crippen LogP contribution is 2.19. The van der Waals surface area contributed by atoms with E-state index in [1.807, 2.05) is 11.8 Å². The SMILES string of the molecule is CC1CCN(CCC#N)CC1F. The lowest BCUT2D eigenvalue weighted by atomic mass is 9.97. The molecule has 0 aliphatic carbocycles. The Bertz CT molecular complexity index is 176. The fourth-order valence-corrected chi connectivity index (χ4v) is 1.50. The molecule has 12 heavy (non-hydrogen) atoms. The molecule has 0 radical (unpaired) electrons. The summed E-state index contributed by atoms with van der Waals surface area (Å²) in [5.74, 6) is 0.198. The molecule has 2 atom stereocenters. The van der Waals surface area contributed by atoms with Crippen molar-refractivity contribution in [2.24, 2.45) is 5.92 Å². The van der Waals surface area contributed by atoms with E-state index in [2.05, 4.69) is 6.07 Å².